The Bertz CT molecular complexity index is 480. The van der Waals surface area contributed by atoms with Crippen LogP contribution in [0.1, 0.15) is 12.5 Å². The summed E-state index contributed by atoms with van der Waals surface area (Å²) < 4.78 is 11.0. The molecule has 4 nitrogen and oxygen atoms in total. The van der Waals surface area contributed by atoms with Crippen molar-refractivity contribution in [2.75, 3.05) is 12.3 Å². The number of rotatable bonds is 5. The Morgan fingerprint density at radius 2 is 1.67 bits per heavy atom. The summed E-state index contributed by atoms with van der Waals surface area (Å²) in [6.07, 6.45) is 1.71. The minimum atomic E-state index is 0.473. The van der Waals surface area contributed by atoms with E-state index in [1.54, 1.807) is 12.3 Å². The molecule has 0 aliphatic heterocycles. The van der Waals surface area contributed by atoms with Gasteiger partial charge in [-0.05, 0) is 37.3 Å². The number of hydrogen-bond donors (Lipinski definition) is 1. The zero-order valence-electron chi connectivity index (χ0n) is 10.3. The third-order valence-corrected chi connectivity index (χ3v) is 2.39. The molecule has 0 fully saturated rings. The maximum Gasteiger partial charge on any atom is 0.123 e. The topological polar surface area (TPSA) is 57.4 Å². The number of hydrogen-bond acceptors (Lipinski definition) is 4. The molecule has 4 heteroatoms. The lowest BCUT2D eigenvalue weighted by Crippen LogP contribution is -1.98. The van der Waals surface area contributed by atoms with Crippen LogP contribution < -0.4 is 15.2 Å². The van der Waals surface area contributed by atoms with Gasteiger partial charge in [0.2, 0.25) is 0 Å². The standard InChI is InChI=1S/C14H16N2O2/c1-2-17-12-4-6-13(7-5-12)18-10-11-3-8-14(15)16-9-11/h3-9H,2,10H2,1H3,(H2,15,16). The number of pyridine rings is 1. The van der Waals surface area contributed by atoms with Crippen LogP contribution in [-0.4, -0.2) is 11.6 Å². The highest BCUT2D eigenvalue weighted by atomic mass is 16.5. The zero-order chi connectivity index (χ0) is 12.8. The van der Waals surface area contributed by atoms with Gasteiger partial charge in [0, 0.05) is 11.8 Å². The lowest BCUT2D eigenvalue weighted by Gasteiger charge is -2.07. The van der Waals surface area contributed by atoms with E-state index in [-0.39, 0.29) is 0 Å². The molecular formula is C14H16N2O2. The van der Waals surface area contributed by atoms with Crippen LogP contribution in [-0.2, 0) is 6.61 Å². The fourth-order valence-electron chi connectivity index (χ4n) is 1.49. The number of ether oxygens (including phenoxy) is 2. The molecular weight excluding hydrogens is 228 g/mol. The van der Waals surface area contributed by atoms with Crippen LogP contribution in [0, 0.1) is 0 Å². The molecule has 0 aliphatic carbocycles. The van der Waals surface area contributed by atoms with Gasteiger partial charge in [-0.1, -0.05) is 6.07 Å². The molecule has 0 saturated heterocycles. The molecule has 0 amide bonds. The van der Waals surface area contributed by atoms with Gasteiger partial charge in [0.15, 0.2) is 0 Å². The fraction of sp³-hybridized carbons (Fsp3) is 0.214. The molecule has 0 radical (unpaired) electrons. The Morgan fingerprint density at radius 3 is 2.22 bits per heavy atom. The number of nitrogens with two attached hydrogens (primary N) is 1. The molecule has 2 N–H and O–H groups in total. The van der Waals surface area contributed by atoms with Gasteiger partial charge in [0.05, 0.1) is 6.61 Å². The van der Waals surface area contributed by atoms with Gasteiger partial charge in [0.1, 0.15) is 23.9 Å². The lowest BCUT2D eigenvalue weighted by molar-refractivity contribution is 0.303. The normalized spacial score (nSPS) is 10.1. The SMILES string of the molecule is CCOc1ccc(OCc2ccc(N)nc2)cc1. The second kappa shape index (κ2) is 5.91. The molecule has 1 heterocycles. The van der Waals surface area contributed by atoms with E-state index in [9.17, 15) is 0 Å². The lowest BCUT2D eigenvalue weighted by atomic mass is 10.3. The van der Waals surface area contributed by atoms with Gasteiger partial charge >= 0.3 is 0 Å². The quantitative estimate of drug-likeness (QED) is 0.878. The van der Waals surface area contributed by atoms with E-state index in [4.69, 9.17) is 15.2 Å². The second-order valence-corrected chi connectivity index (χ2v) is 3.78. The molecule has 0 aliphatic rings. The van der Waals surface area contributed by atoms with Gasteiger partial charge < -0.3 is 15.2 Å². The second-order valence-electron chi connectivity index (χ2n) is 3.78. The molecule has 94 valence electrons. The number of nitrogens with zero attached hydrogens (tertiary/aromatic N) is 1. The van der Waals surface area contributed by atoms with Crippen LogP contribution in [0.3, 0.4) is 0 Å². The van der Waals surface area contributed by atoms with Crippen LogP contribution >= 0.6 is 0 Å². The third kappa shape index (κ3) is 3.38. The predicted octanol–water partition coefficient (Wildman–Crippen LogP) is 2.64. The van der Waals surface area contributed by atoms with Gasteiger partial charge in [-0.2, -0.15) is 0 Å². The number of anilines is 1. The Hall–Kier alpha value is -2.23. The highest BCUT2D eigenvalue weighted by Gasteiger charge is 1.98. The average molecular weight is 244 g/mol. The van der Waals surface area contributed by atoms with Crippen molar-refractivity contribution in [3.63, 3.8) is 0 Å². The minimum absolute atomic E-state index is 0.473. The number of nitrogen functional groups attached to an aromatic ring is 1. The number of aromatic nitrogens is 1. The summed E-state index contributed by atoms with van der Waals surface area (Å²) in [6, 6.07) is 11.2. The van der Waals surface area contributed by atoms with E-state index in [2.05, 4.69) is 4.98 Å². The monoisotopic (exact) mass is 244 g/mol. The third-order valence-electron chi connectivity index (χ3n) is 2.39. The van der Waals surface area contributed by atoms with Gasteiger partial charge in [-0.25, -0.2) is 4.98 Å². The fourth-order valence-corrected chi connectivity index (χ4v) is 1.49. The maximum absolute atomic E-state index is 5.63. The summed E-state index contributed by atoms with van der Waals surface area (Å²) in [6.45, 7) is 3.09. The molecule has 0 bridgehead atoms. The van der Waals surface area contributed by atoms with Crippen molar-refractivity contribution in [1.29, 1.82) is 0 Å². The van der Waals surface area contributed by atoms with Crippen LogP contribution in [0.4, 0.5) is 5.82 Å². The molecule has 0 saturated carbocycles. The highest BCUT2D eigenvalue weighted by Crippen LogP contribution is 2.18. The molecule has 2 aromatic rings. The summed E-state index contributed by atoms with van der Waals surface area (Å²) >= 11 is 0. The molecule has 18 heavy (non-hydrogen) atoms. The van der Waals surface area contributed by atoms with Crippen LogP contribution in [0.5, 0.6) is 11.5 Å². The largest absolute Gasteiger partial charge is 0.494 e. The summed E-state index contributed by atoms with van der Waals surface area (Å²) in [5.41, 5.74) is 6.50. The van der Waals surface area contributed by atoms with E-state index in [0.29, 0.717) is 19.0 Å². The predicted molar refractivity (Wildman–Crippen MR) is 70.6 cm³/mol. The van der Waals surface area contributed by atoms with E-state index >= 15 is 0 Å². The van der Waals surface area contributed by atoms with Crippen LogP contribution in [0.15, 0.2) is 42.6 Å². The van der Waals surface area contributed by atoms with Crippen molar-refractivity contribution in [3.05, 3.63) is 48.2 Å². The van der Waals surface area contributed by atoms with Gasteiger partial charge in [0.25, 0.3) is 0 Å². The first kappa shape index (κ1) is 12.2. The van der Waals surface area contributed by atoms with Crippen molar-refractivity contribution < 1.29 is 9.47 Å². The summed E-state index contributed by atoms with van der Waals surface area (Å²) in [7, 11) is 0. The van der Waals surface area contributed by atoms with Crippen molar-refractivity contribution in [1.82, 2.24) is 4.98 Å². The first-order valence-corrected chi connectivity index (χ1v) is 5.84. The van der Waals surface area contributed by atoms with E-state index in [1.807, 2.05) is 37.3 Å². The summed E-state index contributed by atoms with van der Waals surface area (Å²) in [5.74, 6) is 2.16. The smallest absolute Gasteiger partial charge is 0.123 e. The zero-order valence-corrected chi connectivity index (χ0v) is 10.3. The van der Waals surface area contributed by atoms with Crippen molar-refractivity contribution in [2.45, 2.75) is 13.5 Å². The summed E-state index contributed by atoms with van der Waals surface area (Å²) in [4.78, 5) is 4.01. The van der Waals surface area contributed by atoms with Gasteiger partial charge in [-0.15, -0.1) is 0 Å². The summed E-state index contributed by atoms with van der Waals surface area (Å²) in [5, 5.41) is 0. The first-order valence-electron chi connectivity index (χ1n) is 5.84. The van der Waals surface area contributed by atoms with E-state index in [1.165, 1.54) is 0 Å². The molecule has 0 spiro atoms. The van der Waals surface area contributed by atoms with E-state index in [0.717, 1.165) is 17.1 Å². The molecule has 0 unspecified atom stereocenters. The van der Waals surface area contributed by atoms with Crippen LogP contribution in [0.25, 0.3) is 0 Å². The number of benzene rings is 1. The Labute approximate surface area is 106 Å². The first-order chi connectivity index (χ1) is 8.78. The van der Waals surface area contributed by atoms with Crippen molar-refractivity contribution >= 4 is 5.82 Å². The minimum Gasteiger partial charge on any atom is -0.494 e. The highest BCUT2D eigenvalue weighted by molar-refractivity contribution is 5.32. The molecule has 1 aromatic heterocycles. The molecule has 2 rings (SSSR count). The van der Waals surface area contributed by atoms with Crippen molar-refractivity contribution in [2.24, 2.45) is 0 Å². The van der Waals surface area contributed by atoms with E-state index < -0.39 is 0 Å². The van der Waals surface area contributed by atoms with Crippen molar-refractivity contribution in [3.8, 4) is 11.5 Å². The Balaban J connectivity index is 1.91. The van der Waals surface area contributed by atoms with Crippen LogP contribution in [0.2, 0.25) is 0 Å². The Morgan fingerprint density at radius 1 is 1.00 bits per heavy atom. The molecule has 1 aromatic carbocycles. The average Bonchev–Trinajstić information content (AvgIpc) is 2.40. The Kier molecular flexibility index (Phi) is 4.02. The maximum atomic E-state index is 5.63. The van der Waals surface area contributed by atoms with Gasteiger partial charge in [-0.3, -0.25) is 0 Å². The molecule has 0 atom stereocenters.